The summed E-state index contributed by atoms with van der Waals surface area (Å²) in [6.07, 6.45) is -14.7. The molecule has 0 bridgehead atoms. The van der Waals surface area contributed by atoms with Crippen LogP contribution in [0.3, 0.4) is 0 Å². The molecule has 0 aromatic heterocycles. The molecule has 0 aliphatic rings. The van der Waals surface area contributed by atoms with E-state index in [2.05, 4.69) is 0 Å². The van der Waals surface area contributed by atoms with E-state index in [1.807, 2.05) is 0 Å². The molecule has 0 heterocycles. The van der Waals surface area contributed by atoms with Crippen LogP contribution < -0.4 is 36.3 Å². The van der Waals surface area contributed by atoms with Crippen LogP contribution in [-0.4, -0.2) is 0 Å². The molecular weight excluding hydrogens is 743 g/mol. The summed E-state index contributed by atoms with van der Waals surface area (Å²) in [6, 6.07) is 25.6. The summed E-state index contributed by atoms with van der Waals surface area (Å²) in [4.78, 5) is 1.29. The molecule has 6 rings (SSSR count). The van der Waals surface area contributed by atoms with Crippen LogP contribution in [0.2, 0.25) is 0 Å². The zero-order valence-corrected chi connectivity index (χ0v) is 27.9. The van der Waals surface area contributed by atoms with Crippen LogP contribution >= 0.6 is 0 Å². The molecule has 0 fully saturated rings. The second-order valence-corrected chi connectivity index (χ2v) is 11.8. The first-order chi connectivity index (χ1) is 25.9. The van der Waals surface area contributed by atoms with Crippen LogP contribution in [0.15, 0.2) is 127 Å². The fourth-order valence-corrected chi connectivity index (χ4v) is 5.50. The normalized spacial score (nSPS) is 11.9. The van der Waals surface area contributed by atoms with Crippen molar-refractivity contribution in [2.24, 2.45) is 0 Å². The molecule has 0 saturated carbocycles. The molecule has 16 heteroatoms. The fourth-order valence-electron chi connectivity index (χ4n) is 5.50. The lowest BCUT2D eigenvalue weighted by molar-refractivity contribution is -0.139. The molecule has 6 aromatic carbocycles. The third-order valence-corrected chi connectivity index (χ3v) is 7.91. The molecule has 0 atom stereocenters. The van der Waals surface area contributed by atoms with Gasteiger partial charge in [0.25, 0.3) is 0 Å². The number of hydrogen-bond acceptors (Lipinski definition) is 7. The van der Waals surface area contributed by atoms with Gasteiger partial charge in [-0.25, -0.2) is 0 Å². The molecule has 0 amide bonds. The zero-order valence-electron chi connectivity index (χ0n) is 27.9. The number of rotatable bonds is 9. The first-order valence-corrected chi connectivity index (χ1v) is 15.9. The average molecular weight is 771 g/mol. The number of benzene rings is 6. The largest absolute Gasteiger partial charge is 0.455 e. The van der Waals surface area contributed by atoms with E-state index in [-0.39, 0.29) is 51.4 Å². The van der Waals surface area contributed by atoms with Gasteiger partial charge in [0.1, 0.15) is 33.9 Å². The van der Waals surface area contributed by atoms with Crippen molar-refractivity contribution in [2.45, 2.75) is 18.5 Å². The number of nitrogen functional groups attached to an aromatic ring is 3. The Morgan fingerprint density at radius 3 is 0.855 bits per heavy atom. The number of nitrogens with zero attached hydrogens (tertiary/aromatic N) is 1. The van der Waals surface area contributed by atoms with E-state index in [0.717, 1.165) is 18.2 Å². The van der Waals surface area contributed by atoms with Crippen molar-refractivity contribution < 1.29 is 53.7 Å². The average Bonchev–Trinajstić information content (AvgIpc) is 3.11. The number of anilines is 6. The molecule has 0 saturated heterocycles. The van der Waals surface area contributed by atoms with Gasteiger partial charge in [0.2, 0.25) is 0 Å². The third-order valence-electron chi connectivity index (χ3n) is 7.91. The highest BCUT2D eigenvalue weighted by molar-refractivity contribution is 5.86. The van der Waals surface area contributed by atoms with Gasteiger partial charge in [-0.1, -0.05) is 36.4 Å². The van der Waals surface area contributed by atoms with Crippen molar-refractivity contribution in [1.82, 2.24) is 0 Å². The predicted molar refractivity (Wildman–Crippen MR) is 189 cm³/mol. The highest BCUT2D eigenvalue weighted by atomic mass is 19.4. The Kier molecular flexibility index (Phi) is 10.1. The molecule has 0 aliphatic heterocycles. The maximum atomic E-state index is 14.2. The van der Waals surface area contributed by atoms with Crippen molar-refractivity contribution in [3.05, 3.63) is 144 Å². The summed E-state index contributed by atoms with van der Waals surface area (Å²) in [5, 5.41) is 0. The minimum absolute atomic E-state index is 0.0405. The number of alkyl halides is 9. The van der Waals surface area contributed by atoms with Gasteiger partial charge in [-0.05, 0) is 91.0 Å². The first-order valence-electron chi connectivity index (χ1n) is 15.9. The monoisotopic (exact) mass is 770 g/mol. The summed E-state index contributed by atoms with van der Waals surface area (Å²) in [5.41, 5.74) is 12.6. The van der Waals surface area contributed by atoms with Crippen LogP contribution in [0.5, 0.6) is 34.5 Å². The summed E-state index contributed by atoms with van der Waals surface area (Å²) < 4.78 is 145. The van der Waals surface area contributed by atoms with Crippen molar-refractivity contribution in [3.63, 3.8) is 0 Å². The molecule has 6 aromatic rings. The maximum absolute atomic E-state index is 14.2. The summed E-state index contributed by atoms with van der Waals surface area (Å²) in [5.74, 6) is -2.65. The number of hydrogen-bond donors (Lipinski definition) is 3. The minimum atomic E-state index is -4.91. The van der Waals surface area contributed by atoms with E-state index >= 15 is 0 Å². The molecule has 0 radical (unpaired) electrons. The summed E-state index contributed by atoms with van der Waals surface area (Å²) in [6.45, 7) is 0. The van der Waals surface area contributed by atoms with Crippen LogP contribution in [-0.2, 0) is 18.5 Å². The van der Waals surface area contributed by atoms with Crippen LogP contribution in [0, 0.1) is 0 Å². The van der Waals surface area contributed by atoms with E-state index < -0.39 is 52.5 Å². The highest BCUT2D eigenvalue weighted by Gasteiger charge is 2.38. The topological polar surface area (TPSA) is 109 Å². The standard InChI is InChI=1S/C39H27F9N4O3/c40-37(41,42)25-19-22(49)13-16-31(25)53-34-10-4-1-7-28(34)52(29-8-2-5-11-35(29)54-32-17-14-23(50)20-26(32)38(43,44)45)30-9-3-6-12-36(30)55-33-18-15-24(51)21-27(33)39(46,47)48/h1-21H,49-51H2. The summed E-state index contributed by atoms with van der Waals surface area (Å²) in [7, 11) is 0. The molecule has 55 heavy (non-hydrogen) atoms. The summed E-state index contributed by atoms with van der Waals surface area (Å²) >= 11 is 0. The molecule has 6 N–H and O–H groups in total. The lowest BCUT2D eigenvalue weighted by Gasteiger charge is -2.30. The van der Waals surface area contributed by atoms with Gasteiger partial charge in [0.15, 0.2) is 17.2 Å². The van der Waals surface area contributed by atoms with Crippen molar-refractivity contribution in [1.29, 1.82) is 0 Å². The van der Waals surface area contributed by atoms with Gasteiger partial charge in [0.05, 0.1) is 17.1 Å². The SMILES string of the molecule is Nc1ccc(Oc2ccccc2N(c2ccccc2Oc2ccc(N)cc2C(F)(F)F)c2ccccc2Oc2ccc(N)cc2C(F)(F)F)c(C(F)(F)F)c1. The Labute approximate surface area is 306 Å². The van der Waals surface area contributed by atoms with Gasteiger partial charge in [0, 0.05) is 17.1 Å². The quantitative estimate of drug-likeness (QED) is 0.0992. The number of halogens is 9. The van der Waals surface area contributed by atoms with Gasteiger partial charge in [-0.3, -0.25) is 4.90 Å². The van der Waals surface area contributed by atoms with Gasteiger partial charge in [-0.15, -0.1) is 0 Å². The van der Waals surface area contributed by atoms with Gasteiger partial charge < -0.3 is 31.4 Å². The Balaban J connectivity index is 1.58. The Bertz CT molecular complexity index is 2090. The Morgan fingerprint density at radius 2 is 0.600 bits per heavy atom. The second-order valence-electron chi connectivity index (χ2n) is 11.8. The predicted octanol–water partition coefficient (Wildman–Crippen LogP) is 12.3. The van der Waals surface area contributed by atoms with E-state index in [4.69, 9.17) is 31.4 Å². The molecular formula is C39H27F9N4O3. The minimum Gasteiger partial charge on any atom is -0.455 e. The van der Waals surface area contributed by atoms with E-state index in [0.29, 0.717) is 18.2 Å². The van der Waals surface area contributed by atoms with Crippen LogP contribution in [0.1, 0.15) is 16.7 Å². The van der Waals surface area contributed by atoms with Gasteiger partial charge in [-0.2, -0.15) is 39.5 Å². The van der Waals surface area contributed by atoms with Gasteiger partial charge >= 0.3 is 18.5 Å². The lowest BCUT2D eigenvalue weighted by atomic mass is 10.1. The third kappa shape index (κ3) is 8.43. The van der Waals surface area contributed by atoms with E-state index in [1.54, 1.807) is 0 Å². The lowest BCUT2D eigenvalue weighted by Crippen LogP contribution is -2.15. The van der Waals surface area contributed by atoms with Crippen molar-refractivity contribution in [2.75, 3.05) is 22.1 Å². The fraction of sp³-hybridized carbons (Fsp3) is 0.0769. The number of para-hydroxylation sites is 6. The van der Waals surface area contributed by atoms with Crippen LogP contribution in [0.4, 0.5) is 73.6 Å². The highest BCUT2D eigenvalue weighted by Crippen LogP contribution is 2.51. The maximum Gasteiger partial charge on any atom is 0.420 e. The smallest absolute Gasteiger partial charge is 0.420 e. The van der Waals surface area contributed by atoms with E-state index in [9.17, 15) is 39.5 Å². The molecule has 0 aliphatic carbocycles. The second kappa shape index (κ2) is 14.6. The molecule has 284 valence electrons. The number of nitrogens with two attached hydrogens (primary N) is 3. The van der Waals surface area contributed by atoms with Crippen molar-refractivity contribution >= 4 is 34.1 Å². The molecule has 0 spiro atoms. The first kappa shape index (κ1) is 38.0. The Hall–Kier alpha value is -6.71. The number of ether oxygens (including phenoxy) is 3. The van der Waals surface area contributed by atoms with Crippen LogP contribution in [0.25, 0.3) is 0 Å². The van der Waals surface area contributed by atoms with E-state index in [1.165, 1.54) is 95.9 Å². The molecule has 0 unspecified atom stereocenters. The zero-order chi connectivity index (χ0) is 39.7. The Morgan fingerprint density at radius 1 is 0.345 bits per heavy atom. The van der Waals surface area contributed by atoms with Crippen molar-refractivity contribution in [3.8, 4) is 34.5 Å². The molecule has 7 nitrogen and oxygen atoms in total.